The number of aromatic nitrogens is 4. The molecule has 2 aliphatic rings. The Morgan fingerprint density at radius 3 is 1.81 bits per heavy atom. The Balaban J connectivity index is 1.68. The summed E-state index contributed by atoms with van der Waals surface area (Å²) in [5, 5.41) is 20.0. The number of phenols is 2. The largest absolute Gasteiger partial charge is 0.508 e. The molecule has 6 nitrogen and oxygen atoms in total. The van der Waals surface area contributed by atoms with Crippen molar-refractivity contribution in [3.8, 4) is 22.6 Å². The number of hydrogen-bond donors (Lipinski definition) is 4. The number of phenolic OH excluding ortho intramolecular Hbond substituents is 2. The molecule has 0 spiro atoms. The third kappa shape index (κ3) is 3.44. The molecule has 5 heterocycles. The van der Waals surface area contributed by atoms with Crippen LogP contribution >= 0.6 is 0 Å². The number of hydrogen-bond acceptors (Lipinski definition) is 4. The van der Waals surface area contributed by atoms with Crippen LogP contribution in [0, 0.1) is 0 Å². The molecule has 0 saturated carbocycles. The second kappa shape index (κ2) is 6.99. The number of nitrogens with zero attached hydrogens (tertiary/aromatic N) is 2. The van der Waals surface area contributed by atoms with Gasteiger partial charge in [-0.1, -0.05) is 0 Å². The summed E-state index contributed by atoms with van der Waals surface area (Å²) in [5.74, 6) is 0.00986. The van der Waals surface area contributed by atoms with E-state index < -0.39 is 0 Å². The third-order valence-electron chi connectivity index (χ3n) is 5.38. The molecule has 6 heteroatoms. The van der Waals surface area contributed by atoms with Crippen LogP contribution in [0.3, 0.4) is 0 Å². The van der Waals surface area contributed by atoms with Gasteiger partial charge in [-0.2, -0.15) is 0 Å². The molecule has 8 bridgehead atoms. The Bertz CT molecular complexity index is 1590. The zero-order chi connectivity index (χ0) is 21.7. The molecule has 0 amide bonds. The fraction of sp³-hybridized carbons (Fsp3) is 0. The first-order valence-corrected chi connectivity index (χ1v) is 10.2. The van der Waals surface area contributed by atoms with Gasteiger partial charge in [0, 0.05) is 33.7 Å². The van der Waals surface area contributed by atoms with Crippen molar-refractivity contribution in [3.05, 3.63) is 83.4 Å². The molecule has 154 valence electrons. The van der Waals surface area contributed by atoms with Gasteiger partial charge in [0.2, 0.25) is 0 Å². The molecule has 0 radical (unpaired) electrons. The van der Waals surface area contributed by atoms with Crippen LogP contribution in [0.15, 0.2) is 60.7 Å². The summed E-state index contributed by atoms with van der Waals surface area (Å²) in [4.78, 5) is 16.2. The summed E-state index contributed by atoms with van der Waals surface area (Å²) in [5.41, 5.74) is 8.49. The number of nitrogens with one attached hydrogen (secondary N) is 2. The van der Waals surface area contributed by atoms with Crippen LogP contribution < -0.4 is 0 Å². The average molecular weight is 418 g/mol. The molecule has 3 aromatic heterocycles. The van der Waals surface area contributed by atoms with E-state index in [0.29, 0.717) is 5.56 Å². The van der Waals surface area contributed by atoms with Crippen LogP contribution in [0.5, 0.6) is 11.5 Å². The van der Waals surface area contributed by atoms with Crippen LogP contribution in [-0.2, 0) is 0 Å². The molecule has 6 rings (SSSR count). The van der Waals surface area contributed by atoms with Gasteiger partial charge in [-0.3, -0.25) is 0 Å². The monoisotopic (exact) mass is 418 g/mol. The van der Waals surface area contributed by atoms with Gasteiger partial charge >= 0.3 is 0 Å². The second-order valence-corrected chi connectivity index (χ2v) is 7.83. The lowest BCUT2D eigenvalue weighted by Gasteiger charge is -2.02. The minimum Gasteiger partial charge on any atom is -0.508 e. The van der Waals surface area contributed by atoms with E-state index in [4.69, 9.17) is 4.98 Å². The first kappa shape index (κ1) is 18.2. The highest BCUT2D eigenvalue weighted by Crippen LogP contribution is 2.32. The maximum Gasteiger partial charge on any atom is 0.119 e. The van der Waals surface area contributed by atoms with E-state index >= 15 is 0 Å². The molecule has 0 saturated heterocycles. The molecular formula is C26H18N4O2. The molecule has 0 fully saturated rings. The van der Waals surface area contributed by atoms with E-state index in [1.54, 1.807) is 12.1 Å². The smallest absolute Gasteiger partial charge is 0.119 e. The van der Waals surface area contributed by atoms with E-state index in [1.807, 2.05) is 66.8 Å². The summed E-state index contributed by atoms with van der Waals surface area (Å²) in [6, 6.07) is 18.5. The lowest BCUT2D eigenvalue weighted by molar-refractivity contribution is 0.451. The Kier molecular flexibility index (Phi) is 3.98. The molecule has 4 aromatic rings. The predicted molar refractivity (Wildman–Crippen MR) is 128 cm³/mol. The van der Waals surface area contributed by atoms with Crippen molar-refractivity contribution in [1.82, 2.24) is 19.9 Å². The first-order valence-electron chi connectivity index (χ1n) is 10.2. The van der Waals surface area contributed by atoms with Crippen molar-refractivity contribution in [2.24, 2.45) is 0 Å². The van der Waals surface area contributed by atoms with Gasteiger partial charge in [-0.05, 0) is 84.5 Å². The maximum atomic E-state index is 10.00. The molecule has 0 aliphatic carbocycles. The standard InChI is InChI=1S/C26H18N4O2/c31-23-7-15(8-24(32)14-23)25-12-22-11-20-4-3-18(28-20)9-16-1-2-17(27-16)10-19-5-6-21(29-19)13-26(25)30-22/h1-14,28,30-32H. The number of fused-ring (bicyclic) bond motifs is 8. The number of rotatable bonds is 1. The lowest BCUT2D eigenvalue weighted by atomic mass is 10.1. The highest BCUT2D eigenvalue weighted by atomic mass is 16.3. The van der Waals surface area contributed by atoms with Crippen molar-refractivity contribution >= 4 is 46.4 Å². The van der Waals surface area contributed by atoms with Gasteiger partial charge in [-0.15, -0.1) is 0 Å². The van der Waals surface area contributed by atoms with E-state index in [0.717, 1.165) is 50.4 Å². The lowest BCUT2D eigenvalue weighted by Crippen LogP contribution is -1.79. The van der Waals surface area contributed by atoms with Gasteiger partial charge in [0.15, 0.2) is 0 Å². The number of H-pyrrole nitrogens is 2. The average Bonchev–Trinajstić information content (AvgIpc) is 3.52. The number of aromatic amines is 2. The van der Waals surface area contributed by atoms with E-state index in [1.165, 1.54) is 6.07 Å². The molecule has 1 aromatic carbocycles. The minimum atomic E-state index is 0.00493. The zero-order valence-electron chi connectivity index (χ0n) is 16.9. The molecule has 0 atom stereocenters. The van der Waals surface area contributed by atoms with Crippen molar-refractivity contribution in [3.63, 3.8) is 0 Å². The predicted octanol–water partition coefficient (Wildman–Crippen LogP) is 5.73. The minimum absolute atomic E-state index is 0.00493. The highest BCUT2D eigenvalue weighted by Gasteiger charge is 2.09. The summed E-state index contributed by atoms with van der Waals surface area (Å²) < 4.78 is 0. The van der Waals surface area contributed by atoms with Gasteiger partial charge in [-0.25, -0.2) is 9.97 Å². The van der Waals surface area contributed by atoms with Gasteiger partial charge in [0.25, 0.3) is 0 Å². The summed E-state index contributed by atoms with van der Waals surface area (Å²) >= 11 is 0. The third-order valence-corrected chi connectivity index (χ3v) is 5.38. The Hall–Kier alpha value is -4.58. The van der Waals surface area contributed by atoms with Gasteiger partial charge in [0.05, 0.1) is 22.8 Å². The van der Waals surface area contributed by atoms with Gasteiger partial charge < -0.3 is 20.2 Å². The maximum absolute atomic E-state index is 10.00. The van der Waals surface area contributed by atoms with Crippen molar-refractivity contribution in [2.75, 3.05) is 0 Å². The Morgan fingerprint density at radius 1 is 0.531 bits per heavy atom. The van der Waals surface area contributed by atoms with E-state index in [2.05, 4.69) is 15.0 Å². The Labute approximate surface area is 182 Å². The Morgan fingerprint density at radius 2 is 1.12 bits per heavy atom. The van der Waals surface area contributed by atoms with Crippen LogP contribution in [0.25, 0.3) is 57.5 Å². The first-order chi connectivity index (χ1) is 15.6. The fourth-order valence-electron chi connectivity index (χ4n) is 4.01. The van der Waals surface area contributed by atoms with Crippen molar-refractivity contribution in [2.45, 2.75) is 0 Å². The molecule has 32 heavy (non-hydrogen) atoms. The van der Waals surface area contributed by atoms with E-state index in [9.17, 15) is 10.2 Å². The topological polar surface area (TPSA) is 97.8 Å². The number of benzene rings is 1. The summed E-state index contributed by atoms with van der Waals surface area (Å²) in [6.45, 7) is 0. The van der Waals surface area contributed by atoms with Crippen LogP contribution in [0.2, 0.25) is 0 Å². The quantitative estimate of drug-likeness (QED) is 0.274. The van der Waals surface area contributed by atoms with E-state index in [-0.39, 0.29) is 11.5 Å². The normalized spacial score (nSPS) is 12.4. The fourth-order valence-corrected chi connectivity index (χ4v) is 4.01. The second-order valence-electron chi connectivity index (χ2n) is 7.83. The molecular weight excluding hydrogens is 400 g/mol. The van der Waals surface area contributed by atoms with Crippen LogP contribution in [0.1, 0.15) is 22.8 Å². The van der Waals surface area contributed by atoms with Crippen molar-refractivity contribution < 1.29 is 10.2 Å². The van der Waals surface area contributed by atoms with Crippen LogP contribution in [0.4, 0.5) is 0 Å². The van der Waals surface area contributed by atoms with Crippen LogP contribution in [-0.4, -0.2) is 30.1 Å². The summed E-state index contributed by atoms with van der Waals surface area (Å²) in [6.07, 6.45) is 7.86. The SMILES string of the molecule is Oc1cc(O)cc(-c2cc3cc4ccc(cc5nc(cc6nc(cc2[nH]3)C=C6)C=C5)[nH]4)c1. The van der Waals surface area contributed by atoms with Crippen molar-refractivity contribution in [1.29, 1.82) is 0 Å². The summed E-state index contributed by atoms with van der Waals surface area (Å²) in [7, 11) is 0. The van der Waals surface area contributed by atoms with Gasteiger partial charge in [0.1, 0.15) is 11.5 Å². The highest BCUT2D eigenvalue weighted by molar-refractivity contribution is 5.88. The molecule has 2 aliphatic heterocycles. The zero-order valence-corrected chi connectivity index (χ0v) is 16.9. The molecule has 4 N–H and O–H groups in total. The number of aromatic hydroxyl groups is 2. The molecule has 0 unspecified atom stereocenters.